The molecule has 0 bridgehead atoms. The Morgan fingerprint density at radius 1 is 1.06 bits per heavy atom. The van der Waals surface area contributed by atoms with Gasteiger partial charge in [0.05, 0.1) is 0 Å². The lowest BCUT2D eigenvalue weighted by Gasteiger charge is -2.35. The van der Waals surface area contributed by atoms with Gasteiger partial charge < -0.3 is 14.9 Å². The van der Waals surface area contributed by atoms with E-state index in [1.807, 2.05) is 12.1 Å². The van der Waals surface area contributed by atoms with Gasteiger partial charge in [-0.1, -0.05) is 53.9 Å². The van der Waals surface area contributed by atoms with Crippen LogP contribution in [0.1, 0.15) is 47.4 Å². The van der Waals surface area contributed by atoms with Crippen LogP contribution in [0, 0.1) is 11.7 Å². The Balaban J connectivity index is 1.64. The summed E-state index contributed by atoms with van der Waals surface area (Å²) in [6, 6.07) is 15.0. The Hall–Kier alpha value is -2.76. The minimum atomic E-state index is -1.09. The monoisotopic (exact) mass is 488 g/mol. The number of aromatic hydroxyl groups is 1. The van der Waals surface area contributed by atoms with Crippen LogP contribution in [0.5, 0.6) is 11.5 Å². The lowest BCUT2D eigenvalue weighted by molar-refractivity contribution is -0.139. The molecular formula is C26H23Cl2FO4. The third-order valence-corrected chi connectivity index (χ3v) is 6.81. The van der Waals surface area contributed by atoms with E-state index in [4.69, 9.17) is 33.0 Å². The Morgan fingerprint density at radius 3 is 2.30 bits per heavy atom. The molecule has 0 amide bonds. The lowest BCUT2D eigenvalue weighted by Crippen LogP contribution is -2.21. The lowest BCUT2D eigenvalue weighted by atomic mass is 9.70. The highest BCUT2D eigenvalue weighted by molar-refractivity contribution is 6.36. The molecule has 1 aliphatic carbocycles. The average molecular weight is 489 g/mol. The van der Waals surface area contributed by atoms with Crippen LogP contribution in [0.25, 0.3) is 0 Å². The van der Waals surface area contributed by atoms with Gasteiger partial charge in [-0.15, -0.1) is 0 Å². The molecule has 7 heteroatoms. The highest BCUT2D eigenvalue weighted by Crippen LogP contribution is 2.46. The molecule has 3 aromatic carbocycles. The number of hydrogen-bond acceptors (Lipinski definition) is 3. The fourth-order valence-electron chi connectivity index (χ4n) is 4.29. The van der Waals surface area contributed by atoms with E-state index < -0.39 is 12.6 Å². The first-order chi connectivity index (χ1) is 15.8. The summed E-state index contributed by atoms with van der Waals surface area (Å²) in [5.74, 6) is -0.542. The molecule has 0 saturated heterocycles. The maximum atomic E-state index is 13.5. The van der Waals surface area contributed by atoms with E-state index in [9.17, 15) is 14.3 Å². The minimum absolute atomic E-state index is 0.0305. The Kier molecular flexibility index (Phi) is 7.11. The molecule has 2 N–H and O–H groups in total. The fourth-order valence-corrected chi connectivity index (χ4v) is 4.89. The maximum Gasteiger partial charge on any atom is 0.341 e. The first kappa shape index (κ1) is 23.4. The van der Waals surface area contributed by atoms with Crippen molar-refractivity contribution in [3.63, 3.8) is 0 Å². The summed E-state index contributed by atoms with van der Waals surface area (Å²) >= 11 is 12.9. The van der Waals surface area contributed by atoms with Crippen molar-refractivity contribution in [3.8, 4) is 11.5 Å². The third kappa shape index (κ3) is 5.43. The van der Waals surface area contributed by atoms with E-state index in [-0.39, 0.29) is 23.2 Å². The van der Waals surface area contributed by atoms with Crippen molar-refractivity contribution in [1.29, 1.82) is 0 Å². The fraction of sp³-hybridized carbons (Fsp3) is 0.269. The quantitative estimate of drug-likeness (QED) is 0.364. The number of halogens is 3. The zero-order valence-corrected chi connectivity index (χ0v) is 19.2. The van der Waals surface area contributed by atoms with Gasteiger partial charge in [-0.25, -0.2) is 9.18 Å². The second kappa shape index (κ2) is 10.0. The first-order valence-electron chi connectivity index (χ1n) is 10.7. The van der Waals surface area contributed by atoms with Crippen LogP contribution in [-0.2, 0) is 11.2 Å². The number of carboxylic acids is 1. The SMILES string of the molecule is O=C(O)COc1cc(Cl)c(Cc2ccc(O)c(C(c3ccc(F)cc3)C3CCC3)c2)c(Cl)c1. The van der Waals surface area contributed by atoms with E-state index in [1.54, 1.807) is 30.3 Å². The van der Waals surface area contributed by atoms with Crippen LogP contribution in [0.3, 0.4) is 0 Å². The van der Waals surface area contributed by atoms with Crippen molar-refractivity contribution >= 4 is 29.2 Å². The zero-order valence-electron chi connectivity index (χ0n) is 17.7. The van der Waals surface area contributed by atoms with Gasteiger partial charge in [-0.2, -0.15) is 0 Å². The molecule has 1 fully saturated rings. The molecule has 1 atom stereocenters. The van der Waals surface area contributed by atoms with Crippen molar-refractivity contribution in [1.82, 2.24) is 0 Å². The number of phenolic OH excluding ortho intramolecular Hbond substituents is 1. The molecule has 4 nitrogen and oxygen atoms in total. The molecule has 4 rings (SSSR count). The average Bonchev–Trinajstić information content (AvgIpc) is 2.74. The van der Waals surface area contributed by atoms with Crippen molar-refractivity contribution in [3.05, 3.63) is 92.7 Å². The number of benzene rings is 3. The normalized spacial score (nSPS) is 14.5. The van der Waals surface area contributed by atoms with Crippen LogP contribution >= 0.6 is 23.2 Å². The van der Waals surface area contributed by atoms with E-state index in [0.717, 1.165) is 36.0 Å². The van der Waals surface area contributed by atoms with E-state index in [2.05, 4.69) is 0 Å². The predicted octanol–water partition coefficient (Wildman–Crippen LogP) is 6.82. The van der Waals surface area contributed by atoms with Crippen molar-refractivity contribution in [2.24, 2.45) is 5.92 Å². The van der Waals surface area contributed by atoms with Crippen LogP contribution < -0.4 is 4.74 Å². The van der Waals surface area contributed by atoms with E-state index in [0.29, 0.717) is 27.9 Å². The van der Waals surface area contributed by atoms with Crippen molar-refractivity contribution in [2.45, 2.75) is 31.6 Å². The summed E-state index contributed by atoms with van der Waals surface area (Å²) in [5.41, 5.74) is 3.37. The van der Waals surface area contributed by atoms with Gasteiger partial charge in [-0.3, -0.25) is 0 Å². The number of carbonyl (C=O) groups is 1. The number of aliphatic carboxylic acids is 1. The van der Waals surface area contributed by atoms with Gasteiger partial charge in [0.2, 0.25) is 0 Å². The van der Waals surface area contributed by atoms with Crippen molar-refractivity contribution in [2.75, 3.05) is 6.61 Å². The number of hydrogen-bond donors (Lipinski definition) is 2. The second-order valence-corrected chi connectivity index (χ2v) is 9.15. The summed E-state index contributed by atoms with van der Waals surface area (Å²) < 4.78 is 18.7. The molecule has 33 heavy (non-hydrogen) atoms. The third-order valence-electron chi connectivity index (χ3n) is 6.14. The summed E-state index contributed by atoms with van der Waals surface area (Å²) in [4.78, 5) is 10.7. The van der Waals surface area contributed by atoms with Gasteiger partial charge in [-0.05, 0) is 65.8 Å². The first-order valence-corrected chi connectivity index (χ1v) is 11.5. The number of phenols is 1. The number of carboxylic acid groups (broad SMARTS) is 1. The molecule has 1 unspecified atom stereocenters. The standard InChI is InChI=1S/C26H23Cl2FO4/c27-22-12-19(33-14-25(31)32)13-23(28)20(22)10-15-4-9-24(30)21(11-15)26(16-2-1-3-16)17-5-7-18(29)8-6-17/h4-9,11-13,16,26,30H,1-3,10,14H2,(H,31,32). The molecule has 172 valence electrons. The number of rotatable bonds is 8. The molecular weight excluding hydrogens is 466 g/mol. The van der Waals surface area contributed by atoms with Gasteiger partial charge in [0.15, 0.2) is 6.61 Å². The molecule has 0 aromatic heterocycles. The van der Waals surface area contributed by atoms with Crippen LogP contribution in [0.15, 0.2) is 54.6 Å². The Labute approximate surface area is 201 Å². The molecule has 0 spiro atoms. The Morgan fingerprint density at radius 2 is 1.73 bits per heavy atom. The molecule has 0 heterocycles. The number of ether oxygens (including phenoxy) is 1. The van der Waals surface area contributed by atoms with Crippen molar-refractivity contribution < 1.29 is 24.1 Å². The second-order valence-electron chi connectivity index (χ2n) is 8.34. The van der Waals surface area contributed by atoms with E-state index >= 15 is 0 Å². The van der Waals surface area contributed by atoms with Gasteiger partial charge in [0.1, 0.15) is 17.3 Å². The predicted molar refractivity (Wildman–Crippen MR) is 126 cm³/mol. The highest BCUT2D eigenvalue weighted by atomic mass is 35.5. The molecule has 0 radical (unpaired) electrons. The van der Waals surface area contributed by atoms with Gasteiger partial charge in [0.25, 0.3) is 0 Å². The zero-order chi connectivity index (χ0) is 23.5. The van der Waals surface area contributed by atoms with Gasteiger partial charge >= 0.3 is 5.97 Å². The smallest absolute Gasteiger partial charge is 0.341 e. The largest absolute Gasteiger partial charge is 0.508 e. The summed E-state index contributed by atoms with van der Waals surface area (Å²) in [6.45, 7) is -0.487. The molecule has 3 aromatic rings. The molecule has 0 aliphatic heterocycles. The summed E-state index contributed by atoms with van der Waals surface area (Å²) in [7, 11) is 0. The maximum absolute atomic E-state index is 13.5. The molecule has 1 saturated carbocycles. The Bertz CT molecular complexity index is 1140. The summed E-state index contributed by atoms with van der Waals surface area (Å²) in [5, 5.41) is 20.2. The minimum Gasteiger partial charge on any atom is -0.508 e. The molecule has 1 aliphatic rings. The van der Waals surface area contributed by atoms with Gasteiger partial charge in [0, 0.05) is 27.9 Å². The van der Waals surface area contributed by atoms with Crippen LogP contribution in [-0.4, -0.2) is 22.8 Å². The van der Waals surface area contributed by atoms with E-state index in [1.165, 1.54) is 12.1 Å². The van der Waals surface area contributed by atoms with Crippen LogP contribution in [0.2, 0.25) is 10.0 Å². The van der Waals surface area contributed by atoms with Crippen LogP contribution in [0.4, 0.5) is 4.39 Å². The summed E-state index contributed by atoms with van der Waals surface area (Å²) in [6.07, 6.45) is 3.68. The highest BCUT2D eigenvalue weighted by Gasteiger charge is 2.31. The topological polar surface area (TPSA) is 66.8 Å².